The fourth-order valence-electron chi connectivity index (χ4n) is 1.55. The van der Waals surface area contributed by atoms with Crippen LogP contribution < -0.4 is 10.1 Å². The summed E-state index contributed by atoms with van der Waals surface area (Å²) < 4.78 is 5.94. The van der Waals surface area contributed by atoms with Gasteiger partial charge in [0.2, 0.25) is 5.88 Å². The molecule has 0 saturated carbocycles. The zero-order valence-corrected chi connectivity index (χ0v) is 12.4. The van der Waals surface area contributed by atoms with Crippen molar-refractivity contribution in [2.24, 2.45) is 5.92 Å². The summed E-state index contributed by atoms with van der Waals surface area (Å²) >= 11 is 0. The zero-order chi connectivity index (χ0) is 13.7. The molecule has 0 bridgehead atoms. The van der Waals surface area contributed by atoms with E-state index in [2.05, 4.69) is 43.0 Å². The molecule has 4 nitrogen and oxygen atoms in total. The van der Waals surface area contributed by atoms with Crippen molar-refractivity contribution >= 4 is 5.82 Å². The number of aryl methyl sites for hydroxylation is 1. The molecular formula is C14H25N3O. The maximum absolute atomic E-state index is 5.94. The van der Waals surface area contributed by atoms with Crippen LogP contribution in [0.5, 0.6) is 5.88 Å². The molecule has 1 unspecified atom stereocenters. The number of nitrogens with one attached hydrogen (secondary N) is 1. The van der Waals surface area contributed by atoms with Gasteiger partial charge in [-0.25, -0.2) is 4.98 Å². The fraction of sp³-hybridized carbons (Fsp3) is 0.714. The number of hydrogen-bond acceptors (Lipinski definition) is 4. The summed E-state index contributed by atoms with van der Waals surface area (Å²) in [4.78, 5) is 9.01. The predicted octanol–water partition coefficient (Wildman–Crippen LogP) is 3.20. The molecule has 1 N–H and O–H groups in total. The van der Waals surface area contributed by atoms with Crippen molar-refractivity contribution in [1.82, 2.24) is 9.97 Å². The van der Waals surface area contributed by atoms with E-state index in [4.69, 9.17) is 4.74 Å². The van der Waals surface area contributed by atoms with Crippen LogP contribution in [0.15, 0.2) is 0 Å². The summed E-state index contributed by atoms with van der Waals surface area (Å²) in [6.45, 7) is 10.5. The lowest BCUT2D eigenvalue weighted by molar-refractivity contribution is 0.161. The lowest BCUT2D eigenvalue weighted by atomic mass is 10.1. The maximum Gasteiger partial charge on any atom is 0.222 e. The molecule has 102 valence electrons. The van der Waals surface area contributed by atoms with Crippen molar-refractivity contribution in [3.8, 4) is 5.88 Å². The molecule has 1 rings (SSSR count). The highest BCUT2D eigenvalue weighted by Gasteiger charge is 2.15. The van der Waals surface area contributed by atoms with Gasteiger partial charge in [-0.1, -0.05) is 20.8 Å². The molecule has 1 aromatic rings. The van der Waals surface area contributed by atoms with Gasteiger partial charge in [-0.2, -0.15) is 4.98 Å². The van der Waals surface area contributed by atoms with Crippen LogP contribution in [-0.4, -0.2) is 23.1 Å². The SMILES string of the molecule is CCCc1nc(NC)c(C)c(OC(C)C(C)C)n1. The molecule has 0 amide bonds. The van der Waals surface area contributed by atoms with E-state index < -0.39 is 0 Å². The molecule has 0 aliphatic rings. The number of ether oxygens (including phenoxy) is 1. The van der Waals surface area contributed by atoms with Crippen LogP contribution in [0.25, 0.3) is 0 Å². The van der Waals surface area contributed by atoms with E-state index in [1.165, 1.54) is 0 Å². The Morgan fingerprint density at radius 3 is 2.39 bits per heavy atom. The number of nitrogens with zero attached hydrogens (tertiary/aromatic N) is 2. The first kappa shape index (κ1) is 14.7. The Balaban J connectivity index is 3.04. The Morgan fingerprint density at radius 2 is 1.89 bits per heavy atom. The highest BCUT2D eigenvalue weighted by Crippen LogP contribution is 2.24. The summed E-state index contributed by atoms with van der Waals surface area (Å²) in [7, 11) is 1.88. The standard InChI is InChI=1S/C14H25N3O/c1-7-8-12-16-13(15-6)10(4)14(17-12)18-11(5)9(2)3/h9,11H,7-8H2,1-6H3,(H,15,16,17). The average Bonchev–Trinajstić information content (AvgIpc) is 2.33. The minimum absolute atomic E-state index is 0.151. The molecule has 1 atom stereocenters. The molecule has 0 aliphatic heterocycles. The second-order valence-corrected chi connectivity index (χ2v) is 4.99. The molecule has 0 radical (unpaired) electrons. The van der Waals surface area contributed by atoms with E-state index in [1.54, 1.807) is 0 Å². The molecule has 0 spiro atoms. The van der Waals surface area contributed by atoms with Gasteiger partial charge in [-0.3, -0.25) is 0 Å². The van der Waals surface area contributed by atoms with Gasteiger partial charge in [0.15, 0.2) is 0 Å². The number of rotatable bonds is 6. The van der Waals surface area contributed by atoms with Crippen LogP contribution in [-0.2, 0) is 6.42 Å². The topological polar surface area (TPSA) is 47.0 Å². The van der Waals surface area contributed by atoms with Gasteiger partial charge in [0, 0.05) is 13.5 Å². The Morgan fingerprint density at radius 1 is 1.22 bits per heavy atom. The van der Waals surface area contributed by atoms with E-state index in [0.717, 1.165) is 30.0 Å². The molecule has 1 aromatic heterocycles. The summed E-state index contributed by atoms with van der Waals surface area (Å²) in [5.74, 6) is 2.88. The second kappa shape index (κ2) is 6.57. The summed E-state index contributed by atoms with van der Waals surface area (Å²) in [6, 6.07) is 0. The lowest BCUT2D eigenvalue weighted by Gasteiger charge is -2.20. The molecule has 0 saturated heterocycles. The normalized spacial score (nSPS) is 12.6. The Kier molecular flexibility index (Phi) is 5.38. The Hall–Kier alpha value is -1.32. The number of anilines is 1. The first-order valence-corrected chi connectivity index (χ1v) is 6.71. The van der Waals surface area contributed by atoms with Gasteiger partial charge in [-0.15, -0.1) is 0 Å². The van der Waals surface area contributed by atoms with Gasteiger partial charge >= 0.3 is 0 Å². The van der Waals surface area contributed by atoms with Crippen LogP contribution in [0.1, 0.15) is 45.5 Å². The van der Waals surface area contributed by atoms with Gasteiger partial charge in [0.05, 0.1) is 11.7 Å². The molecular weight excluding hydrogens is 226 g/mol. The number of aromatic nitrogens is 2. The van der Waals surface area contributed by atoms with Crippen LogP contribution in [0.2, 0.25) is 0 Å². The minimum Gasteiger partial charge on any atom is -0.474 e. The van der Waals surface area contributed by atoms with Gasteiger partial charge < -0.3 is 10.1 Å². The summed E-state index contributed by atoms with van der Waals surface area (Å²) in [5.41, 5.74) is 0.977. The summed E-state index contributed by atoms with van der Waals surface area (Å²) in [6.07, 6.45) is 2.06. The monoisotopic (exact) mass is 251 g/mol. The van der Waals surface area contributed by atoms with Crippen molar-refractivity contribution in [3.05, 3.63) is 11.4 Å². The van der Waals surface area contributed by atoms with Crippen LogP contribution in [0.4, 0.5) is 5.82 Å². The predicted molar refractivity (Wildman–Crippen MR) is 75.2 cm³/mol. The molecule has 4 heteroatoms. The quantitative estimate of drug-likeness (QED) is 0.843. The summed E-state index contributed by atoms with van der Waals surface area (Å²) in [5, 5.41) is 3.11. The van der Waals surface area contributed by atoms with E-state index in [-0.39, 0.29) is 6.10 Å². The van der Waals surface area contributed by atoms with E-state index >= 15 is 0 Å². The molecule has 1 heterocycles. The highest BCUT2D eigenvalue weighted by atomic mass is 16.5. The maximum atomic E-state index is 5.94. The van der Waals surface area contributed by atoms with Crippen molar-refractivity contribution in [3.63, 3.8) is 0 Å². The van der Waals surface area contributed by atoms with E-state index in [9.17, 15) is 0 Å². The van der Waals surface area contributed by atoms with E-state index in [1.807, 2.05) is 14.0 Å². The Labute approximate surface area is 110 Å². The average molecular weight is 251 g/mol. The minimum atomic E-state index is 0.151. The largest absolute Gasteiger partial charge is 0.474 e. The van der Waals surface area contributed by atoms with Gasteiger partial charge in [0.25, 0.3) is 0 Å². The zero-order valence-electron chi connectivity index (χ0n) is 12.4. The fourth-order valence-corrected chi connectivity index (χ4v) is 1.55. The third-order valence-corrected chi connectivity index (χ3v) is 3.09. The first-order chi connectivity index (χ1) is 8.49. The molecule has 0 fully saturated rings. The van der Waals surface area contributed by atoms with Crippen LogP contribution in [0.3, 0.4) is 0 Å². The van der Waals surface area contributed by atoms with Gasteiger partial charge in [0.1, 0.15) is 11.6 Å². The number of hydrogen-bond donors (Lipinski definition) is 1. The van der Waals surface area contributed by atoms with Crippen LogP contribution >= 0.6 is 0 Å². The van der Waals surface area contributed by atoms with Crippen molar-refractivity contribution in [2.45, 2.75) is 53.6 Å². The van der Waals surface area contributed by atoms with Crippen molar-refractivity contribution in [1.29, 1.82) is 0 Å². The van der Waals surface area contributed by atoms with Crippen molar-refractivity contribution < 1.29 is 4.74 Å². The third-order valence-electron chi connectivity index (χ3n) is 3.09. The molecule has 0 aliphatic carbocycles. The van der Waals surface area contributed by atoms with Crippen LogP contribution in [0, 0.1) is 12.8 Å². The smallest absolute Gasteiger partial charge is 0.222 e. The lowest BCUT2D eigenvalue weighted by Crippen LogP contribution is -2.20. The second-order valence-electron chi connectivity index (χ2n) is 4.99. The van der Waals surface area contributed by atoms with Gasteiger partial charge in [-0.05, 0) is 26.2 Å². The Bertz CT molecular complexity index is 391. The third kappa shape index (κ3) is 3.59. The first-order valence-electron chi connectivity index (χ1n) is 6.71. The van der Waals surface area contributed by atoms with Crippen molar-refractivity contribution in [2.75, 3.05) is 12.4 Å². The highest BCUT2D eigenvalue weighted by molar-refractivity contribution is 5.48. The van der Waals surface area contributed by atoms with E-state index in [0.29, 0.717) is 11.8 Å². The molecule has 18 heavy (non-hydrogen) atoms. The molecule has 0 aromatic carbocycles.